The summed E-state index contributed by atoms with van der Waals surface area (Å²) in [5.41, 5.74) is 3.22. The van der Waals surface area contributed by atoms with Crippen molar-refractivity contribution in [2.75, 3.05) is 0 Å². The minimum atomic E-state index is -0.333. The highest BCUT2D eigenvalue weighted by Gasteiger charge is 2.41. The summed E-state index contributed by atoms with van der Waals surface area (Å²) in [5.74, 6) is 0. The molecule has 2 N–H and O–H groups in total. The van der Waals surface area contributed by atoms with E-state index in [0.29, 0.717) is 0 Å². The number of aliphatic hydroxyl groups excluding tert-OH is 1. The molecule has 3 atom stereocenters. The van der Waals surface area contributed by atoms with E-state index in [1.165, 1.54) is 0 Å². The molecule has 1 aliphatic rings. The second-order valence-corrected chi connectivity index (χ2v) is 5.95. The van der Waals surface area contributed by atoms with Gasteiger partial charge >= 0.3 is 0 Å². The highest BCUT2D eigenvalue weighted by Crippen LogP contribution is 2.32. The zero-order chi connectivity index (χ0) is 15.1. The second kappa shape index (κ2) is 5.23. The van der Waals surface area contributed by atoms with Crippen LogP contribution >= 0.6 is 0 Å². The summed E-state index contributed by atoms with van der Waals surface area (Å²) in [7, 11) is 0. The van der Waals surface area contributed by atoms with Crippen molar-refractivity contribution >= 4 is 5.65 Å². The molecular weight excluding hydrogens is 278 g/mol. The van der Waals surface area contributed by atoms with Crippen molar-refractivity contribution in [3.8, 4) is 0 Å². The molecule has 4 rings (SSSR count). The third-order valence-electron chi connectivity index (χ3n) is 4.40. The molecule has 114 valence electrons. The molecule has 0 radical (unpaired) electrons. The number of fused-ring (bicyclic) bond motifs is 1. The van der Waals surface area contributed by atoms with E-state index >= 15 is 0 Å². The van der Waals surface area contributed by atoms with Gasteiger partial charge in [0.25, 0.3) is 0 Å². The summed E-state index contributed by atoms with van der Waals surface area (Å²) in [5, 5.41) is 17.9. The van der Waals surface area contributed by atoms with Gasteiger partial charge < -0.3 is 14.8 Å². The van der Waals surface area contributed by atoms with E-state index in [9.17, 15) is 5.11 Å². The van der Waals surface area contributed by atoms with Crippen LogP contribution in [-0.4, -0.2) is 36.4 Å². The zero-order valence-electron chi connectivity index (χ0n) is 12.4. The number of aryl methyl sites for hydroxylation is 1. The molecule has 0 saturated heterocycles. The van der Waals surface area contributed by atoms with Gasteiger partial charge in [-0.3, -0.25) is 4.68 Å². The molecular formula is C16H19N5O. The van der Waals surface area contributed by atoms with Crippen molar-refractivity contribution in [2.24, 2.45) is 0 Å². The average molecular weight is 297 g/mol. The summed E-state index contributed by atoms with van der Waals surface area (Å²) in [6, 6.07) is 6.34. The van der Waals surface area contributed by atoms with Crippen LogP contribution in [0.4, 0.5) is 0 Å². The molecule has 1 aliphatic carbocycles. The van der Waals surface area contributed by atoms with Gasteiger partial charge in [-0.1, -0.05) is 6.07 Å². The van der Waals surface area contributed by atoms with Gasteiger partial charge in [0.2, 0.25) is 0 Å². The number of aliphatic hydroxyl groups is 1. The number of rotatable bonds is 4. The lowest BCUT2D eigenvalue weighted by atomic mass is 9.83. The summed E-state index contributed by atoms with van der Waals surface area (Å²) in [6.07, 6.45) is 8.01. The van der Waals surface area contributed by atoms with Gasteiger partial charge in [0.15, 0.2) is 0 Å². The Morgan fingerprint density at radius 1 is 1.41 bits per heavy atom. The lowest BCUT2D eigenvalue weighted by Crippen LogP contribution is -2.54. The van der Waals surface area contributed by atoms with Gasteiger partial charge in [0, 0.05) is 36.9 Å². The van der Waals surface area contributed by atoms with Gasteiger partial charge in [0.1, 0.15) is 5.65 Å². The predicted molar refractivity (Wildman–Crippen MR) is 82.4 cm³/mol. The molecule has 6 heteroatoms. The van der Waals surface area contributed by atoms with E-state index in [-0.39, 0.29) is 18.2 Å². The molecule has 1 saturated carbocycles. The Morgan fingerprint density at radius 3 is 3.09 bits per heavy atom. The second-order valence-electron chi connectivity index (χ2n) is 5.95. The van der Waals surface area contributed by atoms with Crippen LogP contribution in [0.2, 0.25) is 0 Å². The first-order valence-electron chi connectivity index (χ1n) is 7.55. The van der Waals surface area contributed by atoms with Gasteiger partial charge in [-0.05, 0) is 31.0 Å². The van der Waals surface area contributed by atoms with E-state index in [1.807, 2.05) is 42.3 Å². The van der Waals surface area contributed by atoms with Gasteiger partial charge in [-0.25, -0.2) is 4.98 Å². The van der Waals surface area contributed by atoms with E-state index in [1.54, 1.807) is 6.20 Å². The summed E-state index contributed by atoms with van der Waals surface area (Å²) >= 11 is 0. The highest BCUT2D eigenvalue weighted by atomic mass is 16.3. The molecule has 0 aliphatic heterocycles. The largest absolute Gasteiger partial charge is 0.391 e. The molecule has 3 aromatic heterocycles. The Bertz CT molecular complexity index is 793. The number of hydrogen-bond acceptors (Lipinski definition) is 4. The quantitative estimate of drug-likeness (QED) is 0.762. The molecule has 0 bridgehead atoms. The Labute approximate surface area is 128 Å². The third-order valence-corrected chi connectivity index (χ3v) is 4.40. The third kappa shape index (κ3) is 2.20. The minimum absolute atomic E-state index is 0.00990. The van der Waals surface area contributed by atoms with Crippen molar-refractivity contribution in [1.29, 1.82) is 0 Å². The fraction of sp³-hybridized carbons (Fsp3) is 0.375. The van der Waals surface area contributed by atoms with Crippen LogP contribution in [0.25, 0.3) is 5.65 Å². The molecule has 0 aromatic carbocycles. The summed E-state index contributed by atoms with van der Waals surface area (Å²) < 4.78 is 3.95. The lowest BCUT2D eigenvalue weighted by Gasteiger charge is -2.42. The first-order chi connectivity index (χ1) is 10.7. The van der Waals surface area contributed by atoms with Crippen molar-refractivity contribution in [2.45, 2.75) is 38.1 Å². The minimum Gasteiger partial charge on any atom is -0.391 e. The predicted octanol–water partition coefficient (Wildman–Crippen LogP) is 1.30. The molecule has 3 heterocycles. The first-order valence-corrected chi connectivity index (χ1v) is 7.55. The number of hydrogen-bond donors (Lipinski definition) is 2. The van der Waals surface area contributed by atoms with Crippen LogP contribution < -0.4 is 5.32 Å². The fourth-order valence-corrected chi connectivity index (χ4v) is 3.16. The van der Waals surface area contributed by atoms with Crippen LogP contribution in [0.15, 0.2) is 43.0 Å². The van der Waals surface area contributed by atoms with Crippen LogP contribution in [0, 0.1) is 6.92 Å². The van der Waals surface area contributed by atoms with E-state index in [2.05, 4.69) is 25.9 Å². The maximum absolute atomic E-state index is 10.1. The zero-order valence-corrected chi connectivity index (χ0v) is 12.4. The first kappa shape index (κ1) is 13.5. The molecule has 6 nitrogen and oxygen atoms in total. The Kier molecular flexibility index (Phi) is 3.20. The Morgan fingerprint density at radius 2 is 2.32 bits per heavy atom. The SMILES string of the molecule is Cc1cnn([C@H]2[C@H](O)C[C@@H]2NCc2cccc3nccn23)c1. The maximum Gasteiger partial charge on any atom is 0.136 e. The van der Waals surface area contributed by atoms with Gasteiger partial charge in [-0.2, -0.15) is 5.10 Å². The normalized spacial score (nSPS) is 24.5. The van der Waals surface area contributed by atoms with Crippen molar-refractivity contribution < 1.29 is 5.11 Å². The molecule has 3 aromatic rings. The summed E-state index contributed by atoms with van der Waals surface area (Å²) in [6.45, 7) is 2.75. The molecule has 22 heavy (non-hydrogen) atoms. The Balaban J connectivity index is 1.48. The van der Waals surface area contributed by atoms with Gasteiger partial charge in [0.05, 0.1) is 18.3 Å². The Hall–Kier alpha value is -2.18. The topological polar surface area (TPSA) is 67.4 Å². The van der Waals surface area contributed by atoms with E-state index < -0.39 is 0 Å². The van der Waals surface area contributed by atoms with Crippen molar-refractivity contribution in [3.05, 3.63) is 54.2 Å². The van der Waals surface area contributed by atoms with Crippen LogP contribution in [0.3, 0.4) is 0 Å². The van der Waals surface area contributed by atoms with E-state index in [4.69, 9.17) is 0 Å². The monoisotopic (exact) mass is 297 g/mol. The number of pyridine rings is 1. The van der Waals surface area contributed by atoms with Crippen molar-refractivity contribution in [1.82, 2.24) is 24.5 Å². The van der Waals surface area contributed by atoms with Crippen LogP contribution in [0.5, 0.6) is 0 Å². The standard InChI is InChI=1S/C16H19N5O/c1-11-8-19-21(10-11)16-13(7-14(16)22)18-9-12-3-2-4-15-17-5-6-20(12)15/h2-6,8,10,13-14,16,18,22H,7,9H2,1H3/t13-,14+,16+/m0/s1. The number of nitrogens with one attached hydrogen (secondary N) is 1. The maximum atomic E-state index is 10.1. The smallest absolute Gasteiger partial charge is 0.136 e. The highest BCUT2D eigenvalue weighted by molar-refractivity contribution is 5.39. The van der Waals surface area contributed by atoms with Crippen LogP contribution in [-0.2, 0) is 6.54 Å². The number of aromatic nitrogens is 4. The fourth-order valence-electron chi connectivity index (χ4n) is 3.16. The molecule has 0 amide bonds. The average Bonchev–Trinajstić information content (AvgIpc) is 3.12. The van der Waals surface area contributed by atoms with Crippen LogP contribution in [0.1, 0.15) is 23.7 Å². The van der Waals surface area contributed by atoms with Crippen molar-refractivity contribution in [3.63, 3.8) is 0 Å². The summed E-state index contributed by atoms with van der Waals surface area (Å²) in [4.78, 5) is 4.30. The molecule has 1 fully saturated rings. The lowest BCUT2D eigenvalue weighted by molar-refractivity contribution is -0.00837. The molecule has 0 unspecified atom stereocenters. The van der Waals surface area contributed by atoms with E-state index in [0.717, 1.165) is 29.9 Å². The number of nitrogens with zero attached hydrogens (tertiary/aromatic N) is 4. The van der Waals surface area contributed by atoms with Gasteiger partial charge in [-0.15, -0.1) is 0 Å². The molecule has 0 spiro atoms. The number of imidazole rings is 1.